The molecule has 0 fully saturated rings. The number of hydrogen-bond acceptors (Lipinski definition) is 1. The summed E-state index contributed by atoms with van der Waals surface area (Å²) in [5.74, 6) is 0. The molecule has 0 atom stereocenters. The largest absolute Gasteiger partial charge is 0.261 e. The van der Waals surface area contributed by atoms with Gasteiger partial charge in [0, 0.05) is 21.9 Å². The molecule has 0 bridgehead atoms. The molecule has 0 aromatic carbocycles. The Labute approximate surface area is 107 Å². The molecule has 2 aromatic heterocycles. The van der Waals surface area contributed by atoms with E-state index in [1.54, 1.807) is 12.4 Å². The smallest absolute Gasteiger partial charge is 0.214 e. The summed E-state index contributed by atoms with van der Waals surface area (Å²) >= 11 is 0. The minimum atomic E-state index is -2.08. The fraction of sp³-hybridized carbons (Fsp3) is 0.333. The lowest BCUT2D eigenvalue weighted by molar-refractivity contribution is -0.660. The van der Waals surface area contributed by atoms with Crippen LogP contribution in [0.4, 0.5) is 0 Å². The van der Waals surface area contributed by atoms with Crippen molar-refractivity contribution < 1.29 is 8.68 Å². The standard InChI is InChI=1S/C15H19N2/c1-10-6-7-16-13(4)15(10)14-8-11(2)12(3)9-17(14)5/h6-9H,1-5H3/q+1/i3D3. The summed E-state index contributed by atoms with van der Waals surface area (Å²) in [6.07, 6.45) is 3.49. The van der Waals surface area contributed by atoms with E-state index in [-0.39, 0.29) is 0 Å². The topological polar surface area (TPSA) is 16.8 Å². The van der Waals surface area contributed by atoms with E-state index in [0.717, 1.165) is 28.1 Å². The van der Waals surface area contributed by atoms with Crippen LogP contribution in [0.15, 0.2) is 24.5 Å². The van der Waals surface area contributed by atoms with E-state index >= 15 is 0 Å². The zero-order valence-corrected chi connectivity index (χ0v) is 10.7. The molecule has 0 aliphatic rings. The van der Waals surface area contributed by atoms with Crippen molar-refractivity contribution in [3.8, 4) is 11.3 Å². The second-order valence-electron chi connectivity index (χ2n) is 4.45. The van der Waals surface area contributed by atoms with Crippen LogP contribution in [-0.2, 0) is 7.05 Å². The molecule has 0 saturated carbocycles. The first kappa shape index (κ1) is 8.40. The Kier molecular flexibility index (Phi) is 2.12. The molecular formula is C15H19N2+. The van der Waals surface area contributed by atoms with E-state index < -0.39 is 6.85 Å². The minimum Gasteiger partial charge on any atom is -0.261 e. The lowest BCUT2D eigenvalue weighted by Crippen LogP contribution is -2.32. The Bertz CT molecular complexity index is 641. The second-order valence-corrected chi connectivity index (χ2v) is 4.45. The Balaban J connectivity index is 2.69. The molecule has 0 N–H and O–H groups in total. The van der Waals surface area contributed by atoms with Crippen LogP contribution in [0, 0.1) is 27.6 Å². The van der Waals surface area contributed by atoms with Crippen molar-refractivity contribution in [3.05, 3.63) is 46.9 Å². The molecule has 17 heavy (non-hydrogen) atoms. The number of pyridine rings is 2. The maximum Gasteiger partial charge on any atom is 0.214 e. The third-order valence-corrected chi connectivity index (χ3v) is 3.09. The quantitative estimate of drug-likeness (QED) is 0.688. The normalized spacial score (nSPS) is 14.0. The highest BCUT2D eigenvalue weighted by atomic mass is 14.9. The van der Waals surface area contributed by atoms with Crippen LogP contribution in [0.3, 0.4) is 0 Å². The van der Waals surface area contributed by atoms with Crippen LogP contribution in [0.5, 0.6) is 0 Å². The maximum atomic E-state index is 7.58. The van der Waals surface area contributed by atoms with Gasteiger partial charge in [0.15, 0.2) is 6.20 Å². The lowest BCUT2D eigenvalue weighted by atomic mass is 10.0. The highest BCUT2D eigenvalue weighted by molar-refractivity contribution is 5.64. The van der Waals surface area contributed by atoms with Crippen LogP contribution < -0.4 is 4.57 Å². The molecule has 0 amide bonds. The number of nitrogens with zero attached hydrogens (tertiary/aromatic N) is 2. The summed E-state index contributed by atoms with van der Waals surface area (Å²) in [5.41, 5.74) is 5.30. The van der Waals surface area contributed by atoms with E-state index in [4.69, 9.17) is 4.11 Å². The first-order valence-electron chi connectivity index (χ1n) is 7.15. The Morgan fingerprint density at radius 1 is 1.18 bits per heavy atom. The van der Waals surface area contributed by atoms with Crippen LogP contribution in [0.2, 0.25) is 0 Å². The van der Waals surface area contributed by atoms with Crippen molar-refractivity contribution in [2.24, 2.45) is 7.05 Å². The number of aryl methyl sites for hydroxylation is 5. The zero-order chi connectivity index (χ0) is 15.1. The fourth-order valence-corrected chi connectivity index (χ4v) is 2.08. The maximum absolute atomic E-state index is 7.58. The average molecular weight is 230 g/mol. The fourth-order valence-electron chi connectivity index (χ4n) is 2.08. The van der Waals surface area contributed by atoms with Gasteiger partial charge < -0.3 is 0 Å². The molecule has 0 aliphatic carbocycles. The summed E-state index contributed by atoms with van der Waals surface area (Å²) in [6, 6.07) is 3.90. The number of hydrogen-bond donors (Lipinski definition) is 0. The van der Waals surface area contributed by atoms with Gasteiger partial charge in [-0.1, -0.05) is 0 Å². The number of rotatable bonds is 1. The summed E-state index contributed by atoms with van der Waals surface area (Å²) in [7, 11) is 1.87. The van der Waals surface area contributed by atoms with Gasteiger partial charge in [-0.15, -0.1) is 0 Å². The first-order chi connectivity index (χ1) is 9.21. The van der Waals surface area contributed by atoms with E-state index in [1.807, 2.05) is 44.5 Å². The van der Waals surface area contributed by atoms with Crippen molar-refractivity contribution >= 4 is 0 Å². The van der Waals surface area contributed by atoms with Gasteiger partial charge in [0.1, 0.15) is 7.05 Å². The molecule has 0 saturated heterocycles. The molecular weight excluding hydrogens is 208 g/mol. The van der Waals surface area contributed by atoms with Crippen LogP contribution in [0.1, 0.15) is 26.5 Å². The molecule has 2 nitrogen and oxygen atoms in total. The predicted octanol–water partition coefficient (Wildman–Crippen LogP) is 2.81. The van der Waals surface area contributed by atoms with Gasteiger partial charge in [-0.05, 0) is 44.8 Å². The van der Waals surface area contributed by atoms with Crippen molar-refractivity contribution in [1.82, 2.24) is 4.98 Å². The Morgan fingerprint density at radius 2 is 1.94 bits per heavy atom. The van der Waals surface area contributed by atoms with Crippen LogP contribution >= 0.6 is 0 Å². The monoisotopic (exact) mass is 230 g/mol. The van der Waals surface area contributed by atoms with Crippen LogP contribution in [0.25, 0.3) is 11.3 Å². The summed E-state index contributed by atoms with van der Waals surface area (Å²) in [5, 5.41) is 0. The molecule has 0 spiro atoms. The van der Waals surface area contributed by atoms with Gasteiger partial charge in [0.2, 0.25) is 5.69 Å². The average Bonchev–Trinajstić information content (AvgIpc) is 2.31. The van der Waals surface area contributed by atoms with Gasteiger partial charge in [-0.25, -0.2) is 4.57 Å². The molecule has 88 valence electrons. The first-order valence-corrected chi connectivity index (χ1v) is 5.65. The molecule has 0 radical (unpaired) electrons. The molecule has 2 heterocycles. The van der Waals surface area contributed by atoms with E-state index in [0.29, 0.717) is 5.56 Å². The van der Waals surface area contributed by atoms with Gasteiger partial charge in [-0.3, -0.25) is 4.98 Å². The van der Waals surface area contributed by atoms with Gasteiger partial charge in [0.05, 0.1) is 11.3 Å². The van der Waals surface area contributed by atoms with Crippen LogP contribution in [-0.4, -0.2) is 4.98 Å². The molecule has 0 aliphatic heterocycles. The third kappa shape index (κ3) is 2.07. The highest BCUT2D eigenvalue weighted by Gasteiger charge is 2.16. The minimum absolute atomic E-state index is 0.392. The molecule has 2 rings (SSSR count). The summed E-state index contributed by atoms with van der Waals surface area (Å²) in [6.45, 7) is 3.76. The predicted molar refractivity (Wildman–Crippen MR) is 69.8 cm³/mol. The zero-order valence-electron chi connectivity index (χ0n) is 13.7. The van der Waals surface area contributed by atoms with Crippen molar-refractivity contribution in [3.63, 3.8) is 0 Å². The molecule has 0 unspecified atom stereocenters. The summed E-state index contributed by atoms with van der Waals surface area (Å²) < 4.78 is 24.6. The molecule has 2 aromatic rings. The van der Waals surface area contributed by atoms with Crippen molar-refractivity contribution in [1.29, 1.82) is 0 Å². The Hall–Kier alpha value is -1.70. The SMILES string of the molecule is [2H]C([2H])([2H])c1c[n+](C)c(-c2c(C)ccnc2C)cc1C. The van der Waals surface area contributed by atoms with Gasteiger partial charge >= 0.3 is 0 Å². The van der Waals surface area contributed by atoms with Crippen molar-refractivity contribution in [2.45, 2.75) is 27.6 Å². The van der Waals surface area contributed by atoms with Crippen molar-refractivity contribution in [2.75, 3.05) is 0 Å². The highest BCUT2D eigenvalue weighted by Crippen LogP contribution is 2.23. The Morgan fingerprint density at radius 3 is 2.59 bits per heavy atom. The third-order valence-electron chi connectivity index (χ3n) is 3.09. The van der Waals surface area contributed by atoms with Gasteiger partial charge in [0.25, 0.3) is 0 Å². The van der Waals surface area contributed by atoms with Gasteiger partial charge in [-0.2, -0.15) is 0 Å². The lowest BCUT2D eigenvalue weighted by Gasteiger charge is -2.08. The second kappa shape index (κ2) is 4.28. The number of aromatic nitrogens is 2. The van der Waals surface area contributed by atoms with E-state index in [1.165, 1.54) is 0 Å². The van der Waals surface area contributed by atoms with E-state index in [2.05, 4.69) is 4.98 Å². The van der Waals surface area contributed by atoms with E-state index in [9.17, 15) is 0 Å². The molecule has 2 heteroatoms. The summed E-state index contributed by atoms with van der Waals surface area (Å²) in [4.78, 5) is 4.33.